The number of rotatable bonds is 2. The van der Waals surface area contributed by atoms with Crippen LogP contribution in [0, 0.1) is 17.0 Å². The van der Waals surface area contributed by atoms with Crippen molar-refractivity contribution >= 4 is 11.5 Å². The van der Waals surface area contributed by atoms with Gasteiger partial charge in [0.25, 0.3) is 0 Å². The number of nitrogens with zero attached hydrogens (tertiary/aromatic N) is 1. The van der Waals surface area contributed by atoms with Gasteiger partial charge in [-0.15, -0.1) is 0 Å². The zero-order valence-electron chi connectivity index (χ0n) is 10.7. The van der Waals surface area contributed by atoms with Crippen molar-refractivity contribution in [3.8, 4) is 0 Å². The quantitative estimate of drug-likeness (QED) is 0.636. The molecule has 1 aliphatic rings. The van der Waals surface area contributed by atoms with Gasteiger partial charge in [-0.2, -0.15) is 0 Å². The highest BCUT2D eigenvalue weighted by Crippen LogP contribution is 2.26. The molecule has 0 spiro atoms. The van der Waals surface area contributed by atoms with E-state index in [0.29, 0.717) is 19.7 Å². The molecule has 1 heterocycles. The van der Waals surface area contributed by atoms with E-state index in [1.54, 1.807) is 4.90 Å². The molecular weight excluding hydrogens is 252 g/mol. The molecule has 0 amide bonds. The fraction of sp³-hybridized carbons (Fsp3) is 0.462. The number of benzene rings is 1. The van der Waals surface area contributed by atoms with Gasteiger partial charge < -0.3 is 15.4 Å². The zero-order chi connectivity index (χ0) is 14.0. The molecule has 1 aliphatic heterocycles. The summed E-state index contributed by atoms with van der Waals surface area (Å²) in [5, 5.41) is 7.22. The van der Waals surface area contributed by atoms with Crippen LogP contribution in [-0.2, 0) is 4.74 Å². The second kappa shape index (κ2) is 5.52. The Labute approximate surface area is 110 Å². The van der Waals surface area contributed by atoms with Crippen molar-refractivity contribution in [3.63, 3.8) is 0 Å². The molecule has 1 unspecified atom stereocenters. The third-order valence-electron chi connectivity index (χ3n) is 3.10. The van der Waals surface area contributed by atoms with Gasteiger partial charge in [0, 0.05) is 25.3 Å². The lowest BCUT2D eigenvalue weighted by molar-refractivity contribution is 0.0820. The maximum Gasteiger partial charge on any atom is 0.150 e. The van der Waals surface area contributed by atoms with Crippen LogP contribution in [0.2, 0.25) is 0 Å². The topological polar surface area (TPSA) is 62.3 Å². The molecule has 6 heteroatoms. The van der Waals surface area contributed by atoms with E-state index >= 15 is 0 Å². The number of halogens is 2. The van der Waals surface area contributed by atoms with Crippen LogP contribution < -0.4 is 10.6 Å². The average Bonchev–Trinajstić information content (AvgIpc) is 2.53. The second-order valence-corrected chi connectivity index (χ2v) is 4.68. The summed E-state index contributed by atoms with van der Waals surface area (Å²) >= 11 is 0. The third kappa shape index (κ3) is 3.01. The fourth-order valence-electron chi connectivity index (χ4n) is 2.22. The molecule has 1 aromatic rings. The van der Waals surface area contributed by atoms with Crippen molar-refractivity contribution in [1.82, 2.24) is 0 Å². The Kier molecular flexibility index (Phi) is 3.99. The lowest BCUT2D eigenvalue weighted by Crippen LogP contribution is -2.31. The van der Waals surface area contributed by atoms with Gasteiger partial charge in [0.05, 0.1) is 6.10 Å². The lowest BCUT2D eigenvalue weighted by atomic mass is 10.1. The molecule has 3 N–H and O–H groups in total. The maximum absolute atomic E-state index is 14.0. The molecule has 4 nitrogen and oxygen atoms in total. The van der Waals surface area contributed by atoms with Crippen molar-refractivity contribution in [3.05, 3.63) is 29.3 Å². The average molecular weight is 269 g/mol. The Hall–Kier alpha value is -1.69. The van der Waals surface area contributed by atoms with Gasteiger partial charge in [0.1, 0.15) is 23.2 Å². The lowest BCUT2D eigenvalue weighted by Gasteiger charge is -2.25. The molecule has 1 atom stereocenters. The standard InChI is InChI=1S/C13H17F2N3O/c1-8-7-18(3-2-4-19-8)12-10(14)5-9(13(16)17)6-11(12)15/h5-6,8H,2-4,7H2,1H3,(H3,16,17). The minimum absolute atomic E-state index is 0.0536. The normalized spacial score (nSPS) is 20.2. The number of nitrogens with two attached hydrogens (primary N) is 1. The number of amidine groups is 1. The molecule has 0 aromatic heterocycles. The maximum atomic E-state index is 14.0. The highest BCUT2D eigenvalue weighted by atomic mass is 19.1. The summed E-state index contributed by atoms with van der Waals surface area (Å²) in [5.41, 5.74) is 5.23. The van der Waals surface area contributed by atoms with E-state index in [9.17, 15) is 8.78 Å². The summed E-state index contributed by atoms with van der Waals surface area (Å²) in [6.07, 6.45) is 0.645. The van der Waals surface area contributed by atoms with Crippen LogP contribution in [0.1, 0.15) is 18.9 Å². The SMILES string of the molecule is CC1CN(c2c(F)cc(C(=N)N)cc2F)CCCO1. The number of hydrogen-bond acceptors (Lipinski definition) is 3. The zero-order valence-corrected chi connectivity index (χ0v) is 10.7. The molecule has 1 fully saturated rings. The molecule has 1 saturated heterocycles. The van der Waals surface area contributed by atoms with Crippen molar-refractivity contribution < 1.29 is 13.5 Å². The molecule has 0 bridgehead atoms. The van der Waals surface area contributed by atoms with E-state index < -0.39 is 11.6 Å². The monoisotopic (exact) mass is 269 g/mol. The van der Waals surface area contributed by atoms with E-state index in [0.717, 1.165) is 18.6 Å². The van der Waals surface area contributed by atoms with Gasteiger partial charge in [-0.25, -0.2) is 8.78 Å². The number of ether oxygens (including phenoxy) is 1. The summed E-state index contributed by atoms with van der Waals surface area (Å²) < 4.78 is 33.5. The summed E-state index contributed by atoms with van der Waals surface area (Å²) in [6, 6.07) is 2.19. The smallest absolute Gasteiger partial charge is 0.150 e. The minimum atomic E-state index is -0.695. The van der Waals surface area contributed by atoms with Crippen molar-refractivity contribution in [2.24, 2.45) is 5.73 Å². The van der Waals surface area contributed by atoms with Crippen molar-refractivity contribution in [1.29, 1.82) is 5.41 Å². The van der Waals surface area contributed by atoms with Gasteiger partial charge >= 0.3 is 0 Å². The van der Waals surface area contributed by atoms with Gasteiger partial charge in [-0.3, -0.25) is 5.41 Å². The van der Waals surface area contributed by atoms with Crippen LogP contribution >= 0.6 is 0 Å². The van der Waals surface area contributed by atoms with Crippen LogP contribution in [-0.4, -0.2) is 31.6 Å². The Balaban J connectivity index is 2.36. The first-order chi connectivity index (χ1) is 8.99. The number of nitrogen functional groups attached to an aromatic ring is 1. The summed E-state index contributed by atoms with van der Waals surface area (Å²) in [6.45, 7) is 3.44. The van der Waals surface area contributed by atoms with E-state index in [2.05, 4.69) is 0 Å². The first-order valence-corrected chi connectivity index (χ1v) is 6.19. The molecule has 0 aliphatic carbocycles. The van der Waals surface area contributed by atoms with Crippen LogP contribution in [0.15, 0.2) is 12.1 Å². The first-order valence-electron chi connectivity index (χ1n) is 6.19. The minimum Gasteiger partial charge on any atom is -0.384 e. The van der Waals surface area contributed by atoms with Gasteiger partial charge in [-0.1, -0.05) is 0 Å². The molecule has 0 radical (unpaired) electrons. The number of nitrogens with one attached hydrogen (secondary N) is 1. The van der Waals surface area contributed by atoms with Gasteiger partial charge in [0.2, 0.25) is 0 Å². The van der Waals surface area contributed by atoms with E-state index in [4.69, 9.17) is 15.9 Å². The number of hydrogen-bond donors (Lipinski definition) is 2. The largest absolute Gasteiger partial charge is 0.384 e. The van der Waals surface area contributed by atoms with E-state index in [-0.39, 0.29) is 23.2 Å². The Bertz CT molecular complexity index is 470. The molecular formula is C13H17F2N3O. The highest BCUT2D eigenvalue weighted by Gasteiger charge is 2.22. The highest BCUT2D eigenvalue weighted by molar-refractivity contribution is 5.95. The van der Waals surface area contributed by atoms with Crippen LogP contribution in [0.25, 0.3) is 0 Å². The van der Waals surface area contributed by atoms with Crippen LogP contribution in [0.4, 0.5) is 14.5 Å². The molecule has 104 valence electrons. The van der Waals surface area contributed by atoms with Gasteiger partial charge in [0.15, 0.2) is 0 Å². The molecule has 19 heavy (non-hydrogen) atoms. The Morgan fingerprint density at radius 1 is 1.42 bits per heavy atom. The summed E-state index contributed by atoms with van der Waals surface area (Å²) in [5.74, 6) is -1.74. The third-order valence-corrected chi connectivity index (χ3v) is 3.10. The predicted molar refractivity (Wildman–Crippen MR) is 69.6 cm³/mol. The Morgan fingerprint density at radius 2 is 2.05 bits per heavy atom. The molecule has 0 saturated carbocycles. The van der Waals surface area contributed by atoms with E-state index in [1.165, 1.54) is 0 Å². The summed E-state index contributed by atoms with van der Waals surface area (Å²) in [7, 11) is 0. The number of anilines is 1. The first kappa shape index (κ1) is 13.7. The van der Waals surface area contributed by atoms with Crippen molar-refractivity contribution in [2.75, 3.05) is 24.6 Å². The second-order valence-electron chi connectivity index (χ2n) is 4.68. The van der Waals surface area contributed by atoms with Gasteiger partial charge in [-0.05, 0) is 25.5 Å². The Morgan fingerprint density at radius 3 is 2.63 bits per heavy atom. The van der Waals surface area contributed by atoms with Crippen LogP contribution in [0.3, 0.4) is 0 Å². The predicted octanol–water partition coefficient (Wildman–Crippen LogP) is 1.86. The fourth-order valence-corrected chi connectivity index (χ4v) is 2.22. The van der Waals surface area contributed by atoms with Crippen LogP contribution in [0.5, 0.6) is 0 Å². The van der Waals surface area contributed by atoms with Crippen molar-refractivity contribution in [2.45, 2.75) is 19.4 Å². The van der Waals surface area contributed by atoms with E-state index in [1.807, 2.05) is 6.92 Å². The molecule has 1 aromatic carbocycles. The summed E-state index contributed by atoms with van der Waals surface area (Å²) in [4.78, 5) is 1.65. The molecule has 2 rings (SSSR count).